The van der Waals surface area contributed by atoms with E-state index in [4.69, 9.17) is 0 Å². The van der Waals surface area contributed by atoms with Gasteiger partial charge in [-0.05, 0) is 42.5 Å². The lowest BCUT2D eigenvalue weighted by atomic mass is 10.1. The summed E-state index contributed by atoms with van der Waals surface area (Å²) in [6.07, 6.45) is 2.46. The fourth-order valence-electron chi connectivity index (χ4n) is 2.85. The summed E-state index contributed by atoms with van der Waals surface area (Å²) in [4.78, 5) is 28.2. The molecule has 4 aromatic rings. The van der Waals surface area contributed by atoms with Gasteiger partial charge in [0.25, 0.3) is 5.91 Å². The van der Waals surface area contributed by atoms with Gasteiger partial charge in [0.05, 0.1) is 16.7 Å². The van der Waals surface area contributed by atoms with Gasteiger partial charge in [0.15, 0.2) is 6.29 Å². The van der Waals surface area contributed by atoms with Crippen LogP contribution in [0.3, 0.4) is 0 Å². The van der Waals surface area contributed by atoms with Crippen molar-refractivity contribution in [2.75, 3.05) is 5.32 Å². The van der Waals surface area contributed by atoms with E-state index in [1.807, 2.05) is 41.0 Å². The average molecular weight is 341 g/mol. The molecule has 0 spiro atoms. The molecule has 5 heteroatoms. The largest absolute Gasteiger partial charge is 0.321 e. The number of anilines is 1. The van der Waals surface area contributed by atoms with Crippen LogP contribution in [0.5, 0.6) is 0 Å². The standard InChI is InChI=1S/C21H15N3O2/c25-13-16-10-11-17(24-14-22-18-8-4-5-9-20(18)24)12-19(16)23-21(26)15-6-2-1-3-7-15/h1-14H,(H,23,26). The van der Waals surface area contributed by atoms with Gasteiger partial charge in [-0.3, -0.25) is 14.2 Å². The van der Waals surface area contributed by atoms with Crippen LogP contribution in [0.25, 0.3) is 16.7 Å². The van der Waals surface area contributed by atoms with E-state index >= 15 is 0 Å². The zero-order chi connectivity index (χ0) is 17.9. The van der Waals surface area contributed by atoms with Gasteiger partial charge in [0.2, 0.25) is 0 Å². The number of carbonyl (C=O) groups is 2. The van der Waals surface area contributed by atoms with E-state index in [1.165, 1.54) is 0 Å². The van der Waals surface area contributed by atoms with Crippen molar-refractivity contribution in [1.29, 1.82) is 0 Å². The molecule has 0 aliphatic rings. The van der Waals surface area contributed by atoms with Gasteiger partial charge in [0, 0.05) is 16.8 Å². The van der Waals surface area contributed by atoms with Crippen molar-refractivity contribution >= 4 is 28.9 Å². The van der Waals surface area contributed by atoms with E-state index in [9.17, 15) is 9.59 Å². The molecule has 0 bridgehead atoms. The van der Waals surface area contributed by atoms with Gasteiger partial charge in [-0.1, -0.05) is 30.3 Å². The Balaban J connectivity index is 1.74. The molecular weight excluding hydrogens is 326 g/mol. The van der Waals surface area contributed by atoms with Crippen LogP contribution in [0.2, 0.25) is 0 Å². The van der Waals surface area contributed by atoms with Crippen molar-refractivity contribution in [3.63, 3.8) is 0 Å². The Kier molecular flexibility index (Phi) is 4.03. The van der Waals surface area contributed by atoms with Crippen LogP contribution in [-0.2, 0) is 0 Å². The van der Waals surface area contributed by atoms with E-state index < -0.39 is 0 Å². The van der Waals surface area contributed by atoms with Gasteiger partial charge in [-0.15, -0.1) is 0 Å². The molecule has 0 saturated carbocycles. The Morgan fingerprint density at radius 1 is 0.962 bits per heavy atom. The number of para-hydroxylation sites is 2. The molecule has 0 unspecified atom stereocenters. The second kappa shape index (κ2) is 6.64. The molecule has 0 aliphatic carbocycles. The highest BCUT2D eigenvalue weighted by atomic mass is 16.1. The number of imidazole rings is 1. The Morgan fingerprint density at radius 2 is 1.73 bits per heavy atom. The number of fused-ring (bicyclic) bond motifs is 1. The normalized spacial score (nSPS) is 10.6. The van der Waals surface area contributed by atoms with Crippen LogP contribution >= 0.6 is 0 Å². The Hall–Kier alpha value is -3.73. The number of aldehydes is 1. The maximum atomic E-state index is 12.4. The first-order valence-corrected chi connectivity index (χ1v) is 8.14. The molecule has 3 aromatic carbocycles. The van der Waals surface area contributed by atoms with Crippen LogP contribution in [-0.4, -0.2) is 21.7 Å². The lowest BCUT2D eigenvalue weighted by Crippen LogP contribution is -2.13. The number of carbonyl (C=O) groups excluding carboxylic acids is 2. The second-order valence-electron chi connectivity index (χ2n) is 5.81. The van der Waals surface area contributed by atoms with Crippen molar-refractivity contribution in [2.45, 2.75) is 0 Å². The minimum atomic E-state index is -0.263. The molecular formula is C21H15N3O2. The van der Waals surface area contributed by atoms with E-state index in [-0.39, 0.29) is 5.91 Å². The van der Waals surface area contributed by atoms with Crippen LogP contribution in [0, 0.1) is 0 Å². The van der Waals surface area contributed by atoms with Crippen LogP contribution in [0.4, 0.5) is 5.69 Å². The van der Waals surface area contributed by atoms with Crippen molar-refractivity contribution < 1.29 is 9.59 Å². The maximum absolute atomic E-state index is 12.4. The summed E-state index contributed by atoms with van der Waals surface area (Å²) in [5, 5.41) is 2.82. The van der Waals surface area contributed by atoms with E-state index in [0.29, 0.717) is 16.8 Å². The van der Waals surface area contributed by atoms with Gasteiger partial charge >= 0.3 is 0 Å². The molecule has 126 valence electrons. The average Bonchev–Trinajstić information content (AvgIpc) is 3.13. The highest BCUT2D eigenvalue weighted by molar-refractivity contribution is 6.06. The third-order valence-electron chi connectivity index (χ3n) is 4.18. The zero-order valence-corrected chi connectivity index (χ0v) is 13.8. The maximum Gasteiger partial charge on any atom is 0.255 e. The highest BCUT2D eigenvalue weighted by Crippen LogP contribution is 2.23. The van der Waals surface area contributed by atoms with Gasteiger partial charge < -0.3 is 5.32 Å². The first kappa shape index (κ1) is 15.8. The van der Waals surface area contributed by atoms with E-state index in [0.717, 1.165) is 23.0 Å². The number of hydrogen-bond acceptors (Lipinski definition) is 3. The summed E-state index contributed by atoms with van der Waals surface area (Å²) >= 11 is 0. The number of aromatic nitrogens is 2. The van der Waals surface area contributed by atoms with E-state index in [1.54, 1.807) is 42.7 Å². The molecule has 0 atom stereocenters. The molecule has 1 amide bonds. The smallest absolute Gasteiger partial charge is 0.255 e. The second-order valence-corrected chi connectivity index (χ2v) is 5.81. The fraction of sp³-hybridized carbons (Fsp3) is 0. The number of hydrogen-bond donors (Lipinski definition) is 1. The number of nitrogens with zero attached hydrogens (tertiary/aromatic N) is 2. The summed E-state index contributed by atoms with van der Waals surface area (Å²) in [7, 11) is 0. The molecule has 5 nitrogen and oxygen atoms in total. The minimum absolute atomic E-state index is 0.263. The third kappa shape index (κ3) is 2.86. The number of nitrogens with one attached hydrogen (secondary N) is 1. The Bertz CT molecular complexity index is 1100. The molecule has 0 fully saturated rings. The highest BCUT2D eigenvalue weighted by Gasteiger charge is 2.11. The first-order chi connectivity index (χ1) is 12.8. The van der Waals surface area contributed by atoms with Crippen LogP contribution in [0.1, 0.15) is 20.7 Å². The minimum Gasteiger partial charge on any atom is -0.321 e. The van der Waals surface area contributed by atoms with Crippen molar-refractivity contribution in [2.24, 2.45) is 0 Å². The number of amides is 1. The summed E-state index contributed by atoms with van der Waals surface area (Å²) in [6, 6.07) is 22.0. The lowest BCUT2D eigenvalue weighted by molar-refractivity contribution is 0.102. The molecule has 1 aromatic heterocycles. The molecule has 0 radical (unpaired) electrons. The zero-order valence-electron chi connectivity index (χ0n) is 13.8. The number of rotatable bonds is 4. The van der Waals surface area contributed by atoms with Crippen LogP contribution in [0.15, 0.2) is 79.1 Å². The van der Waals surface area contributed by atoms with Crippen molar-refractivity contribution in [3.8, 4) is 5.69 Å². The first-order valence-electron chi connectivity index (χ1n) is 8.14. The van der Waals surface area contributed by atoms with E-state index in [2.05, 4.69) is 10.3 Å². The molecule has 0 saturated heterocycles. The predicted molar refractivity (Wildman–Crippen MR) is 101 cm³/mol. The molecule has 0 aliphatic heterocycles. The molecule has 1 heterocycles. The lowest BCUT2D eigenvalue weighted by Gasteiger charge is -2.11. The van der Waals surface area contributed by atoms with Crippen molar-refractivity contribution in [1.82, 2.24) is 9.55 Å². The predicted octanol–water partition coefficient (Wildman–Crippen LogP) is 4.09. The van der Waals surface area contributed by atoms with Crippen LogP contribution < -0.4 is 5.32 Å². The summed E-state index contributed by atoms with van der Waals surface area (Å²) in [5.41, 5.74) is 4.05. The quantitative estimate of drug-likeness (QED) is 0.569. The topological polar surface area (TPSA) is 64.0 Å². The van der Waals surface area contributed by atoms with Gasteiger partial charge in [-0.25, -0.2) is 4.98 Å². The Labute approximate surface area is 149 Å². The van der Waals surface area contributed by atoms with Crippen molar-refractivity contribution in [3.05, 3.63) is 90.3 Å². The molecule has 1 N–H and O–H groups in total. The summed E-state index contributed by atoms with van der Waals surface area (Å²) in [5.74, 6) is -0.263. The Morgan fingerprint density at radius 3 is 2.54 bits per heavy atom. The van der Waals surface area contributed by atoms with Gasteiger partial charge in [0.1, 0.15) is 6.33 Å². The van der Waals surface area contributed by atoms with Gasteiger partial charge in [-0.2, -0.15) is 0 Å². The SMILES string of the molecule is O=Cc1ccc(-n2cnc3ccccc32)cc1NC(=O)c1ccccc1. The third-order valence-corrected chi connectivity index (χ3v) is 4.18. The monoisotopic (exact) mass is 341 g/mol. The molecule has 4 rings (SSSR count). The number of benzene rings is 3. The fourth-order valence-corrected chi connectivity index (χ4v) is 2.85. The summed E-state index contributed by atoms with van der Waals surface area (Å²) < 4.78 is 1.92. The molecule has 26 heavy (non-hydrogen) atoms. The summed E-state index contributed by atoms with van der Waals surface area (Å²) in [6.45, 7) is 0.